The summed E-state index contributed by atoms with van der Waals surface area (Å²) in [5.41, 5.74) is -3.40. The minimum absolute atomic E-state index is 0.0427. The van der Waals surface area contributed by atoms with E-state index in [1.165, 1.54) is 0 Å². The SMILES string of the molecule is C=C[C@@H]1C[C@]1(NC(=O)[C@@H]1C[C@@]2(CN1C(=O)[C@@H](NC(=O)[C@@H](NC(=O)[C@@H]1CCCCN1C(C)C)C1(C)CCCCC1)C1(C)CCOCC1)C(C)(C)C21CCC1)C(=O)NS(=O)(=O)N(CC)CC. The van der Waals surface area contributed by atoms with Gasteiger partial charge >= 0.3 is 10.2 Å². The van der Waals surface area contributed by atoms with Crippen LogP contribution in [0, 0.1) is 33.0 Å². The Kier molecular flexibility index (Phi) is 13.6. The number of fused-ring (bicyclic) bond motifs is 1. The van der Waals surface area contributed by atoms with Crippen molar-refractivity contribution in [2.24, 2.45) is 33.0 Å². The monoisotopic (exact) mass is 914 g/mol. The van der Waals surface area contributed by atoms with Crippen molar-refractivity contribution in [3.8, 4) is 0 Å². The highest BCUT2D eigenvalue weighted by Crippen LogP contribution is 2.88. The van der Waals surface area contributed by atoms with E-state index in [-0.39, 0.29) is 65.6 Å². The first-order valence-corrected chi connectivity index (χ1v) is 26.1. The second-order valence-electron chi connectivity index (χ2n) is 22.1. The Bertz CT molecular complexity index is 1940. The molecule has 3 heterocycles. The lowest BCUT2D eigenvalue weighted by molar-refractivity contribution is -0.148. The minimum atomic E-state index is -4.19. The summed E-state index contributed by atoms with van der Waals surface area (Å²) in [5.74, 6) is -2.76. The second kappa shape index (κ2) is 17.9. The van der Waals surface area contributed by atoms with E-state index in [2.05, 4.69) is 66.8 Å². The number of ether oxygens (including phenoxy) is 1. The topological polar surface area (TPSA) is 187 Å². The summed E-state index contributed by atoms with van der Waals surface area (Å²) < 4.78 is 35.7. The molecule has 7 fully saturated rings. The van der Waals surface area contributed by atoms with E-state index in [0.717, 1.165) is 75.1 Å². The van der Waals surface area contributed by atoms with Gasteiger partial charge in [0.25, 0.3) is 5.91 Å². The van der Waals surface area contributed by atoms with Crippen LogP contribution in [0.5, 0.6) is 0 Å². The van der Waals surface area contributed by atoms with E-state index in [1.54, 1.807) is 24.8 Å². The number of nitrogens with one attached hydrogen (secondary N) is 4. The first-order chi connectivity index (χ1) is 30.1. The molecule has 0 aromatic carbocycles. The van der Waals surface area contributed by atoms with Crippen molar-refractivity contribution < 1.29 is 37.1 Å². The third kappa shape index (κ3) is 8.13. The number of likely N-dealkylation sites (tertiary alicyclic amines) is 2. The zero-order valence-corrected chi connectivity index (χ0v) is 40.9. The molecule has 4 aliphatic carbocycles. The third-order valence-electron chi connectivity index (χ3n) is 18.3. The van der Waals surface area contributed by atoms with Gasteiger partial charge in [0.1, 0.15) is 23.7 Å². The van der Waals surface area contributed by atoms with E-state index in [0.29, 0.717) is 45.4 Å². The molecule has 2 spiro atoms. The first kappa shape index (κ1) is 48.8. The molecule has 0 aromatic heterocycles. The van der Waals surface area contributed by atoms with E-state index in [4.69, 9.17) is 4.74 Å². The Labute approximate surface area is 382 Å². The molecular formula is C48H79N7O8S. The molecule has 0 radical (unpaired) electrons. The number of carbonyl (C=O) groups excluding carboxylic acids is 5. The standard InChI is InChI=1S/C48H79N7O8S/c1-10-33-29-48(33,42(60)52-64(61,62)53(11-2)12-3)51-39(57)35-30-47(43(6,7)46(47)22-18-23-46)31-55(35)41(59)37(45(9)24-27-63-28-25-45)50-40(58)36(44(8)20-15-13-16-21-44)49-38(56)34-19-14-17-26-54(34)32(4)5/h10,32-37H,1,11-31H2,2-9H3,(H,49,56)(H,50,58)(H,51,57)(H,52,60)/t33-,34+,35+,36-,37-,47-,48-/m1/s1. The van der Waals surface area contributed by atoms with Crippen molar-refractivity contribution in [3.05, 3.63) is 12.7 Å². The van der Waals surface area contributed by atoms with Gasteiger partial charge < -0.3 is 25.6 Å². The highest BCUT2D eigenvalue weighted by molar-refractivity contribution is 7.87. The normalized spacial score (nSPS) is 32.3. The molecule has 7 rings (SSSR count). The van der Waals surface area contributed by atoms with Gasteiger partial charge in [-0.15, -0.1) is 6.58 Å². The maximum Gasteiger partial charge on any atom is 0.303 e. The van der Waals surface area contributed by atoms with Crippen LogP contribution in [-0.4, -0.2) is 127 Å². The lowest BCUT2D eigenvalue weighted by Crippen LogP contribution is -2.66. The summed E-state index contributed by atoms with van der Waals surface area (Å²) in [4.78, 5) is 78.3. The molecule has 3 saturated heterocycles. The molecule has 16 heteroatoms. The molecule has 15 nitrogen and oxygen atoms in total. The van der Waals surface area contributed by atoms with Crippen LogP contribution in [0.2, 0.25) is 0 Å². The number of carbonyl (C=O) groups is 5. The Hall–Kier alpha value is -3.08. The third-order valence-corrected chi connectivity index (χ3v) is 20.0. The van der Waals surface area contributed by atoms with E-state index in [9.17, 15) is 18.0 Å². The highest BCUT2D eigenvalue weighted by atomic mass is 32.2. The molecule has 360 valence electrons. The zero-order chi connectivity index (χ0) is 46.7. The number of rotatable bonds is 16. The second-order valence-corrected chi connectivity index (χ2v) is 23.7. The van der Waals surface area contributed by atoms with Gasteiger partial charge in [0, 0.05) is 55.6 Å². The maximum absolute atomic E-state index is 15.8. The lowest BCUT2D eigenvalue weighted by Gasteiger charge is -2.45. The zero-order valence-electron chi connectivity index (χ0n) is 40.1. The number of amides is 5. The van der Waals surface area contributed by atoms with E-state index in [1.807, 2.05) is 6.92 Å². The lowest BCUT2D eigenvalue weighted by atomic mass is 9.69. The summed E-state index contributed by atoms with van der Waals surface area (Å²) in [5, 5.41) is 9.57. The largest absolute Gasteiger partial charge is 0.381 e. The van der Waals surface area contributed by atoms with Gasteiger partial charge in [-0.3, -0.25) is 28.9 Å². The molecule has 7 aliphatic rings. The van der Waals surface area contributed by atoms with Crippen LogP contribution in [0.25, 0.3) is 0 Å². The van der Waals surface area contributed by atoms with E-state index >= 15 is 14.4 Å². The van der Waals surface area contributed by atoms with Gasteiger partial charge in [-0.25, -0.2) is 4.72 Å². The molecule has 0 unspecified atom stereocenters. The van der Waals surface area contributed by atoms with Crippen molar-refractivity contribution in [2.45, 2.75) is 187 Å². The summed E-state index contributed by atoms with van der Waals surface area (Å²) >= 11 is 0. The van der Waals surface area contributed by atoms with Crippen LogP contribution in [0.3, 0.4) is 0 Å². The summed E-state index contributed by atoms with van der Waals surface area (Å²) in [6.07, 6.45) is 13.3. The number of nitrogens with zero attached hydrogens (tertiary/aromatic N) is 3. The number of hydrogen-bond donors (Lipinski definition) is 4. The Morgan fingerprint density at radius 1 is 0.781 bits per heavy atom. The fraction of sp³-hybridized carbons (Fsp3) is 0.854. The molecule has 3 aliphatic heterocycles. The Morgan fingerprint density at radius 2 is 1.42 bits per heavy atom. The van der Waals surface area contributed by atoms with E-state index < -0.39 is 62.4 Å². The number of piperidine rings is 1. The molecular weight excluding hydrogens is 835 g/mol. The quantitative estimate of drug-likeness (QED) is 0.161. The average Bonchev–Trinajstić information content (AvgIpc) is 3.97. The van der Waals surface area contributed by atoms with Crippen LogP contribution in [-0.2, 0) is 38.9 Å². The molecule has 4 saturated carbocycles. The molecule has 4 N–H and O–H groups in total. The first-order valence-electron chi connectivity index (χ1n) is 24.6. The van der Waals surface area contributed by atoms with Gasteiger partial charge in [-0.2, -0.15) is 12.7 Å². The number of hydrogen-bond acceptors (Lipinski definition) is 9. The summed E-state index contributed by atoms with van der Waals surface area (Å²) in [6, 6.07) is -3.08. The molecule has 0 aromatic rings. The van der Waals surface area contributed by atoms with Crippen molar-refractivity contribution in [2.75, 3.05) is 39.4 Å². The van der Waals surface area contributed by atoms with Crippen molar-refractivity contribution in [3.63, 3.8) is 0 Å². The Balaban J connectivity index is 1.22. The van der Waals surface area contributed by atoms with Crippen LogP contribution in [0.4, 0.5) is 0 Å². The van der Waals surface area contributed by atoms with Crippen molar-refractivity contribution >= 4 is 39.7 Å². The Morgan fingerprint density at radius 3 is 1.97 bits per heavy atom. The summed E-state index contributed by atoms with van der Waals surface area (Å²) in [7, 11) is -4.19. The van der Waals surface area contributed by atoms with Gasteiger partial charge in [0.2, 0.25) is 23.6 Å². The molecule has 0 bridgehead atoms. The van der Waals surface area contributed by atoms with Gasteiger partial charge in [-0.1, -0.05) is 79.7 Å². The predicted octanol–water partition coefficient (Wildman–Crippen LogP) is 4.57. The fourth-order valence-electron chi connectivity index (χ4n) is 13.6. The van der Waals surface area contributed by atoms with Gasteiger partial charge in [0.05, 0.1) is 6.04 Å². The van der Waals surface area contributed by atoms with Crippen LogP contribution in [0.15, 0.2) is 12.7 Å². The van der Waals surface area contributed by atoms with Crippen molar-refractivity contribution in [1.29, 1.82) is 0 Å². The maximum atomic E-state index is 15.8. The molecule has 7 atom stereocenters. The minimum Gasteiger partial charge on any atom is -0.381 e. The molecule has 5 amide bonds. The average molecular weight is 914 g/mol. The van der Waals surface area contributed by atoms with Crippen molar-refractivity contribution in [1.82, 2.24) is 34.8 Å². The fourth-order valence-corrected chi connectivity index (χ4v) is 14.8. The van der Waals surface area contributed by atoms with Gasteiger partial charge in [-0.05, 0) is 101 Å². The predicted molar refractivity (Wildman–Crippen MR) is 244 cm³/mol. The molecule has 64 heavy (non-hydrogen) atoms. The smallest absolute Gasteiger partial charge is 0.303 e. The summed E-state index contributed by atoms with van der Waals surface area (Å²) in [6.45, 7) is 22.3. The van der Waals surface area contributed by atoms with Crippen LogP contribution >= 0.6 is 0 Å². The van der Waals surface area contributed by atoms with Crippen LogP contribution in [0.1, 0.15) is 152 Å². The van der Waals surface area contributed by atoms with Gasteiger partial charge in [0.15, 0.2) is 0 Å². The highest BCUT2D eigenvalue weighted by Gasteiger charge is 2.85. The van der Waals surface area contributed by atoms with Crippen LogP contribution < -0.4 is 20.7 Å².